The zero-order valence-corrected chi connectivity index (χ0v) is 14.2. The van der Waals surface area contributed by atoms with Crippen molar-refractivity contribution in [2.75, 3.05) is 18.5 Å². The summed E-state index contributed by atoms with van der Waals surface area (Å²) in [6.45, 7) is 4.30. The SMILES string of the molecule is CNCc1ccc(N2CCc3sccc3C2C)cc1Br. The third-order valence-electron chi connectivity index (χ3n) is 4.01. The molecule has 0 aliphatic carbocycles. The maximum absolute atomic E-state index is 3.69. The van der Waals surface area contributed by atoms with E-state index >= 15 is 0 Å². The number of hydrogen-bond acceptors (Lipinski definition) is 3. The molecule has 106 valence electrons. The molecule has 3 rings (SSSR count). The molecule has 20 heavy (non-hydrogen) atoms. The Morgan fingerprint density at radius 1 is 1.40 bits per heavy atom. The van der Waals surface area contributed by atoms with Gasteiger partial charge in [-0.15, -0.1) is 11.3 Å². The Balaban J connectivity index is 1.89. The molecule has 2 heterocycles. The number of benzene rings is 1. The summed E-state index contributed by atoms with van der Waals surface area (Å²) in [5.41, 5.74) is 4.11. The van der Waals surface area contributed by atoms with Crippen molar-refractivity contribution in [2.45, 2.75) is 25.9 Å². The zero-order chi connectivity index (χ0) is 14.1. The van der Waals surface area contributed by atoms with Crippen LogP contribution in [0.3, 0.4) is 0 Å². The van der Waals surface area contributed by atoms with Gasteiger partial charge in [-0.25, -0.2) is 0 Å². The van der Waals surface area contributed by atoms with E-state index < -0.39 is 0 Å². The van der Waals surface area contributed by atoms with Crippen molar-refractivity contribution in [1.29, 1.82) is 0 Å². The van der Waals surface area contributed by atoms with Gasteiger partial charge in [0.1, 0.15) is 0 Å². The van der Waals surface area contributed by atoms with Gasteiger partial charge in [-0.3, -0.25) is 0 Å². The number of rotatable bonds is 3. The molecule has 0 saturated heterocycles. The molecule has 4 heteroatoms. The van der Waals surface area contributed by atoms with Gasteiger partial charge in [0.25, 0.3) is 0 Å². The topological polar surface area (TPSA) is 15.3 Å². The van der Waals surface area contributed by atoms with Gasteiger partial charge in [-0.1, -0.05) is 22.0 Å². The summed E-state index contributed by atoms with van der Waals surface area (Å²) in [6.07, 6.45) is 1.16. The van der Waals surface area contributed by atoms with E-state index in [-0.39, 0.29) is 0 Å². The van der Waals surface area contributed by atoms with Crippen LogP contribution in [0, 0.1) is 0 Å². The highest BCUT2D eigenvalue weighted by Gasteiger charge is 2.25. The highest BCUT2D eigenvalue weighted by Crippen LogP contribution is 2.37. The zero-order valence-electron chi connectivity index (χ0n) is 11.8. The Morgan fingerprint density at radius 2 is 2.25 bits per heavy atom. The molecule has 1 atom stereocenters. The number of hydrogen-bond donors (Lipinski definition) is 1. The third kappa shape index (κ3) is 2.52. The highest BCUT2D eigenvalue weighted by atomic mass is 79.9. The lowest BCUT2D eigenvalue weighted by Crippen LogP contribution is -2.33. The second-order valence-corrected chi connectivity index (χ2v) is 7.08. The van der Waals surface area contributed by atoms with Gasteiger partial charge in [0.2, 0.25) is 0 Å². The quantitative estimate of drug-likeness (QED) is 0.884. The standard InChI is InChI=1S/C16H19BrN2S/c1-11-14-6-8-20-16(14)5-7-19(11)13-4-3-12(10-18-2)15(17)9-13/h3-4,6,8-9,11,18H,5,7,10H2,1-2H3. The van der Waals surface area contributed by atoms with E-state index in [0.29, 0.717) is 6.04 Å². The smallest absolute Gasteiger partial charge is 0.0525 e. The summed E-state index contributed by atoms with van der Waals surface area (Å²) in [5, 5.41) is 5.42. The van der Waals surface area contributed by atoms with Gasteiger partial charge in [-0.05, 0) is 55.1 Å². The highest BCUT2D eigenvalue weighted by molar-refractivity contribution is 9.10. The molecular weight excluding hydrogens is 332 g/mol. The van der Waals surface area contributed by atoms with Crippen LogP contribution in [0.2, 0.25) is 0 Å². The van der Waals surface area contributed by atoms with Crippen molar-refractivity contribution < 1.29 is 0 Å². The van der Waals surface area contributed by atoms with Crippen LogP contribution in [0.15, 0.2) is 34.1 Å². The first-order valence-corrected chi connectivity index (χ1v) is 8.64. The molecular formula is C16H19BrN2S. The van der Waals surface area contributed by atoms with Crippen molar-refractivity contribution in [1.82, 2.24) is 5.32 Å². The monoisotopic (exact) mass is 350 g/mol. The van der Waals surface area contributed by atoms with Crippen molar-refractivity contribution in [3.63, 3.8) is 0 Å². The summed E-state index contributed by atoms with van der Waals surface area (Å²) < 4.78 is 1.19. The van der Waals surface area contributed by atoms with Crippen LogP contribution in [-0.2, 0) is 13.0 Å². The van der Waals surface area contributed by atoms with Crippen molar-refractivity contribution in [3.8, 4) is 0 Å². The normalized spacial score (nSPS) is 18.1. The minimum absolute atomic E-state index is 0.465. The maximum atomic E-state index is 3.69. The Labute approximate surface area is 132 Å². The van der Waals surface area contributed by atoms with Gasteiger partial charge >= 0.3 is 0 Å². The number of thiophene rings is 1. The van der Waals surface area contributed by atoms with E-state index in [1.165, 1.54) is 21.3 Å². The van der Waals surface area contributed by atoms with Gasteiger partial charge in [0, 0.05) is 28.1 Å². The Hall–Kier alpha value is -0.840. The molecule has 1 N–H and O–H groups in total. The van der Waals surface area contributed by atoms with Crippen LogP contribution in [0.4, 0.5) is 5.69 Å². The summed E-state index contributed by atoms with van der Waals surface area (Å²) >= 11 is 5.59. The largest absolute Gasteiger partial charge is 0.364 e. The van der Waals surface area contributed by atoms with Crippen molar-refractivity contribution >= 4 is 33.0 Å². The molecule has 0 amide bonds. The summed E-state index contributed by atoms with van der Waals surface area (Å²) in [4.78, 5) is 4.06. The lowest BCUT2D eigenvalue weighted by Gasteiger charge is -2.35. The van der Waals surface area contributed by atoms with E-state index in [1.807, 2.05) is 18.4 Å². The predicted molar refractivity (Wildman–Crippen MR) is 90.7 cm³/mol. The summed E-state index contributed by atoms with van der Waals surface area (Å²) in [7, 11) is 1.98. The second kappa shape index (κ2) is 5.88. The fourth-order valence-electron chi connectivity index (χ4n) is 2.91. The summed E-state index contributed by atoms with van der Waals surface area (Å²) in [5.74, 6) is 0. The molecule has 2 aromatic rings. The molecule has 1 aromatic carbocycles. The van der Waals surface area contributed by atoms with E-state index in [1.54, 1.807) is 4.88 Å². The predicted octanol–water partition coefficient (Wildman–Crippen LogP) is 4.35. The van der Waals surface area contributed by atoms with Crippen LogP contribution in [-0.4, -0.2) is 13.6 Å². The average Bonchev–Trinajstić information content (AvgIpc) is 2.91. The molecule has 0 fully saturated rings. The minimum Gasteiger partial charge on any atom is -0.364 e. The molecule has 1 unspecified atom stereocenters. The first-order valence-electron chi connectivity index (χ1n) is 6.96. The second-order valence-electron chi connectivity index (χ2n) is 5.22. The van der Waals surface area contributed by atoms with E-state index in [2.05, 4.69) is 62.7 Å². The molecule has 0 spiro atoms. The third-order valence-corrected chi connectivity index (χ3v) is 5.75. The Morgan fingerprint density at radius 3 is 3.00 bits per heavy atom. The molecule has 1 aliphatic rings. The van der Waals surface area contributed by atoms with Gasteiger partial charge in [0.15, 0.2) is 0 Å². The first-order chi connectivity index (χ1) is 9.70. The van der Waals surface area contributed by atoms with E-state index in [4.69, 9.17) is 0 Å². The van der Waals surface area contributed by atoms with E-state index in [0.717, 1.165) is 19.5 Å². The number of halogens is 1. The molecule has 0 saturated carbocycles. The lowest BCUT2D eigenvalue weighted by atomic mass is 10.0. The fraction of sp³-hybridized carbons (Fsp3) is 0.375. The van der Waals surface area contributed by atoms with Crippen molar-refractivity contribution in [2.24, 2.45) is 0 Å². The lowest BCUT2D eigenvalue weighted by molar-refractivity contribution is 0.632. The number of nitrogens with zero attached hydrogens (tertiary/aromatic N) is 1. The van der Waals surface area contributed by atoms with Gasteiger partial charge in [0.05, 0.1) is 6.04 Å². The van der Waals surface area contributed by atoms with Crippen LogP contribution in [0.1, 0.15) is 29.0 Å². The fourth-order valence-corrected chi connectivity index (χ4v) is 4.38. The molecule has 2 nitrogen and oxygen atoms in total. The number of fused-ring (bicyclic) bond motifs is 1. The summed E-state index contributed by atoms with van der Waals surface area (Å²) in [6, 6.07) is 9.45. The molecule has 0 radical (unpaired) electrons. The van der Waals surface area contributed by atoms with E-state index in [9.17, 15) is 0 Å². The molecule has 1 aliphatic heterocycles. The van der Waals surface area contributed by atoms with Gasteiger partial charge in [-0.2, -0.15) is 0 Å². The number of anilines is 1. The minimum atomic E-state index is 0.465. The number of nitrogens with one attached hydrogen (secondary N) is 1. The Kier molecular flexibility index (Phi) is 4.15. The first kappa shape index (κ1) is 14.1. The Bertz CT molecular complexity index is 608. The van der Waals surface area contributed by atoms with Crippen LogP contribution in [0.5, 0.6) is 0 Å². The van der Waals surface area contributed by atoms with Crippen LogP contribution in [0.25, 0.3) is 0 Å². The molecule has 0 bridgehead atoms. The van der Waals surface area contributed by atoms with Crippen LogP contribution >= 0.6 is 27.3 Å². The molecule has 1 aromatic heterocycles. The average molecular weight is 351 g/mol. The maximum Gasteiger partial charge on any atom is 0.0525 e. The van der Waals surface area contributed by atoms with Gasteiger partial charge < -0.3 is 10.2 Å². The van der Waals surface area contributed by atoms with Crippen molar-refractivity contribution in [3.05, 3.63) is 50.1 Å². The van der Waals surface area contributed by atoms with Crippen LogP contribution < -0.4 is 10.2 Å².